The number of hydrogen-bond donors (Lipinski definition) is 0. The summed E-state index contributed by atoms with van der Waals surface area (Å²) in [5.41, 5.74) is 5.44. The van der Waals surface area contributed by atoms with Crippen LogP contribution in [0.4, 0.5) is 4.79 Å². The average Bonchev–Trinajstić information content (AvgIpc) is 3.25. The van der Waals surface area contributed by atoms with Crippen molar-refractivity contribution in [3.63, 3.8) is 0 Å². The van der Waals surface area contributed by atoms with Crippen LogP contribution < -0.4 is 0 Å². The van der Waals surface area contributed by atoms with Crippen molar-refractivity contribution in [1.29, 1.82) is 0 Å². The predicted molar refractivity (Wildman–Crippen MR) is 142 cm³/mol. The maximum absolute atomic E-state index is 12.7. The molecule has 0 saturated carbocycles. The van der Waals surface area contributed by atoms with Crippen LogP contribution in [0, 0.1) is 0 Å². The molecule has 5 nitrogen and oxygen atoms in total. The molecule has 0 spiro atoms. The maximum atomic E-state index is 12.7. The van der Waals surface area contributed by atoms with Crippen molar-refractivity contribution in [2.45, 2.75) is 52.0 Å². The van der Waals surface area contributed by atoms with E-state index in [1.54, 1.807) is 0 Å². The topological polar surface area (TPSA) is 63.7 Å². The number of hydrogen-bond acceptors (Lipinski definition) is 4. The van der Waals surface area contributed by atoms with Gasteiger partial charge in [-0.15, -0.1) is 0 Å². The van der Waals surface area contributed by atoms with Gasteiger partial charge in [0.1, 0.15) is 6.61 Å². The number of halogens is 1. The fourth-order valence-corrected chi connectivity index (χ4v) is 4.49. The first kappa shape index (κ1) is 27.2. The average molecular weight is 506 g/mol. The number of carbonyl (C=O) groups is 3. The van der Waals surface area contributed by atoms with E-state index in [0.29, 0.717) is 12.8 Å². The molecular formula is C30H32ClNO4. The first-order valence-electron chi connectivity index (χ1n) is 12.3. The Hall–Kier alpha value is -3.44. The molecule has 4 rings (SSSR count). The SMILES string of the molecule is CCc1ccccc1CC(=O)Cl.CCc1ccccc1CC(=O)N1C(=O)OC[C@H]1Cc1ccccc1. The molecule has 0 N–H and O–H groups in total. The normalized spacial score (nSPS) is 14.6. The summed E-state index contributed by atoms with van der Waals surface area (Å²) >= 11 is 5.30. The van der Waals surface area contributed by atoms with Crippen LogP contribution in [0.2, 0.25) is 0 Å². The van der Waals surface area contributed by atoms with Crippen molar-refractivity contribution in [2.75, 3.05) is 6.61 Å². The summed E-state index contributed by atoms with van der Waals surface area (Å²) in [6.07, 6.45) is 2.46. The molecule has 188 valence electrons. The summed E-state index contributed by atoms with van der Waals surface area (Å²) in [4.78, 5) is 36.7. The van der Waals surface area contributed by atoms with Crippen molar-refractivity contribution in [3.05, 3.63) is 107 Å². The Balaban J connectivity index is 0.000000253. The van der Waals surface area contributed by atoms with Crippen LogP contribution in [0.15, 0.2) is 78.9 Å². The third-order valence-electron chi connectivity index (χ3n) is 6.21. The molecule has 0 bridgehead atoms. The van der Waals surface area contributed by atoms with E-state index in [0.717, 1.165) is 35.1 Å². The Bertz CT molecular complexity index is 1180. The Labute approximate surface area is 218 Å². The van der Waals surface area contributed by atoms with Crippen LogP contribution in [-0.2, 0) is 46.4 Å². The standard InChI is InChI=1S/C20H21NO3.C10H11ClO/c1-2-16-10-6-7-11-17(16)13-19(22)21-18(14-24-20(21)23)12-15-8-4-3-5-9-15;1-2-8-5-3-4-6-9(8)7-10(11)12/h3-11,18H,2,12-14H2,1H3;3-6H,2,7H2,1H3/t18-;/m1./s1. The van der Waals surface area contributed by atoms with Gasteiger partial charge in [-0.3, -0.25) is 9.59 Å². The minimum Gasteiger partial charge on any atom is -0.447 e. The summed E-state index contributed by atoms with van der Waals surface area (Å²) in [7, 11) is 0. The van der Waals surface area contributed by atoms with Gasteiger partial charge in [0.05, 0.1) is 12.5 Å². The Morgan fingerprint density at radius 1 is 0.806 bits per heavy atom. The number of cyclic esters (lactones) is 1. The number of nitrogens with zero attached hydrogens (tertiary/aromatic N) is 1. The Kier molecular flexibility index (Phi) is 10.3. The molecule has 1 heterocycles. The highest BCUT2D eigenvalue weighted by Crippen LogP contribution is 2.20. The number of aryl methyl sites for hydroxylation is 2. The van der Waals surface area contributed by atoms with E-state index >= 15 is 0 Å². The molecule has 3 aromatic carbocycles. The Morgan fingerprint density at radius 3 is 1.83 bits per heavy atom. The zero-order valence-electron chi connectivity index (χ0n) is 20.8. The predicted octanol–water partition coefficient (Wildman–Crippen LogP) is 5.94. The summed E-state index contributed by atoms with van der Waals surface area (Å²) in [6.45, 7) is 4.39. The lowest BCUT2D eigenvalue weighted by molar-refractivity contribution is -0.128. The van der Waals surface area contributed by atoms with Crippen molar-refractivity contribution in [2.24, 2.45) is 0 Å². The number of ether oxygens (including phenoxy) is 1. The van der Waals surface area contributed by atoms with E-state index in [4.69, 9.17) is 16.3 Å². The van der Waals surface area contributed by atoms with Gasteiger partial charge < -0.3 is 4.74 Å². The Morgan fingerprint density at radius 2 is 1.31 bits per heavy atom. The molecule has 1 saturated heterocycles. The number of rotatable bonds is 8. The molecule has 36 heavy (non-hydrogen) atoms. The minimum atomic E-state index is -0.532. The lowest BCUT2D eigenvalue weighted by Gasteiger charge is -2.20. The van der Waals surface area contributed by atoms with Crippen molar-refractivity contribution in [1.82, 2.24) is 4.90 Å². The lowest BCUT2D eigenvalue weighted by atomic mass is 10.0. The lowest BCUT2D eigenvalue weighted by Crippen LogP contribution is -2.41. The largest absolute Gasteiger partial charge is 0.447 e. The summed E-state index contributed by atoms with van der Waals surface area (Å²) in [6, 6.07) is 25.3. The number of imide groups is 1. The van der Waals surface area contributed by atoms with Gasteiger partial charge in [0.2, 0.25) is 11.1 Å². The smallest absolute Gasteiger partial charge is 0.416 e. The molecule has 1 fully saturated rings. The second kappa shape index (κ2) is 13.6. The van der Waals surface area contributed by atoms with Gasteiger partial charge in [-0.1, -0.05) is 92.7 Å². The van der Waals surface area contributed by atoms with Crippen LogP contribution in [0.25, 0.3) is 0 Å². The molecule has 0 unspecified atom stereocenters. The quantitative estimate of drug-likeness (QED) is 0.355. The molecule has 0 aliphatic carbocycles. The third-order valence-corrected chi connectivity index (χ3v) is 6.35. The van der Waals surface area contributed by atoms with E-state index < -0.39 is 6.09 Å². The first-order valence-corrected chi connectivity index (χ1v) is 12.6. The molecular weight excluding hydrogens is 474 g/mol. The van der Waals surface area contributed by atoms with E-state index in [-0.39, 0.29) is 30.2 Å². The highest BCUT2D eigenvalue weighted by molar-refractivity contribution is 6.63. The molecule has 1 atom stereocenters. The van der Waals surface area contributed by atoms with Crippen LogP contribution >= 0.6 is 11.6 Å². The van der Waals surface area contributed by atoms with Gasteiger partial charge in [0.15, 0.2) is 0 Å². The fraction of sp³-hybridized carbons (Fsp3) is 0.300. The van der Waals surface area contributed by atoms with Crippen LogP contribution in [0.5, 0.6) is 0 Å². The number of amides is 2. The van der Waals surface area contributed by atoms with Gasteiger partial charge in [-0.2, -0.15) is 0 Å². The molecule has 1 aliphatic rings. The van der Waals surface area contributed by atoms with E-state index in [2.05, 4.69) is 13.8 Å². The second-order valence-electron chi connectivity index (χ2n) is 8.64. The molecule has 1 aliphatic heterocycles. The van der Waals surface area contributed by atoms with Crippen molar-refractivity contribution >= 4 is 28.8 Å². The minimum absolute atomic E-state index is 0.195. The molecule has 0 aromatic heterocycles. The second-order valence-corrected chi connectivity index (χ2v) is 9.06. The van der Waals surface area contributed by atoms with Crippen LogP contribution in [0.3, 0.4) is 0 Å². The third kappa shape index (κ3) is 7.53. The van der Waals surface area contributed by atoms with E-state index in [9.17, 15) is 14.4 Å². The molecule has 2 amide bonds. The summed E-state index contributed by atoms with van der Waals surface area (Å²) in [5.74, 6) is -0.195. The highest BCUT2D eigenvalue weighted by atomic mass is 35.5. The van der Waals surface area contributed by atoms with E-state index in [1.807, 2.05) is 78.9 Å². The van der Waals surface area contributed by atoms with Gasteiger partial charge in [0.25, 0.3) is 0 Å². The fourth-order valence-electron chi connectivity index (χ4n) is 4.35. The summed E-state index contributed by atoms with van der Waals surface area (Å²) < 4.78 is 5.13. The molecule has 6 heteroatoms. The van der Waals surface area contributed by atoms with Crippen molar-refractivity contribution < 1.29 is 19.1 Å². The van der Waals surface area contributed by atoms with Gasteiger partial charge in [-0.25, -0.2) is 9.69 Å². The van der Waals surface area contributed by atoms with Crippen molar-refractivity contribution in [3.8, 4) is 0 Å². The highest BCUT2D eigenvalue weighted by Gasteiger charge is 2.37. The molecule has 3 aromatic rings. The van der Waals surface area contributed by atoms with Gasteiger partial charge >= 0.3 is 6.09 Å². The van der Waals surface area contributed by atoms with Gasteiger partial charge in [-0.05, 0) is 58.7 Å². The first-order chi connectivity index (χ1) is 17.4. The zero-order chi connectivity index (χ0) is 25.9. The van der Waals surface area contributed by atoms with Gasteiger partial charge in [0, 0.05) is 6.42 Å². The van der Waals surface area contributed by atoms with Crippen LogP contribution in [0.1, 0.15) is 41.7 Å². The van der Waals surface area contributed by atoms with E-state index in [1.165, 1.54) is 10.5 Å². The monoisotopic (exact) mass is 505 g/mol. The van der Waals surface area contributed by atoms with Crippen LogP contribution in [-0.4, -0.2) is 34.8 Å². The molecule has 0 radical (unpaired) electrons. The maximum Gasteiger partial charge on any atom is 0.416 e. The zero-order valence-corrected chi connectivity index (χ0v) is 21.5. The number of carbonyl (C=O) groups excluding carboxylic acids is 3. The number of benzene rings is 3. The summed E-state index contributed by atoms with van der Waals surface area (Å²) in [5, 5.41) is -0.295.